The number of aryl methyl sites for hydroxylation is 1. The molecule has 0 N–H and O–H groups in total. The minimum absolute atomic E-state index is 0.361. The summed E-state index contributed by atoms with van der Waals surface area (Å²) in [5.41, 5.74) is 1.15. The lowest BCUT2D eigenvalue weighted by molar-refractivity contribution is 0.334. The van der Waals surface area contributed by atoms with Gasteiger partial charge in [-0.2, -0.15) is 0 Å². The van der Waals surface area contributed by atoms with Crippen molar-refractivity contribution in [3.8, 4) is 0 Å². The van der Waals surface area contributed by atoms with Crippen LogP contribution in [-0.4, -0.2) is 10.4 Å². The Morgan fingerprint density at radius 3 is 2.93 bits per heavy atom. The molecule has 1 aromatic rings. The van der Waals surface area contributed by atoms with Gasteiger partial charge in [-0.25, -0.2) is 4.98 Å². The maximum absolute atomic E-state index is 6.21. The van der Waals surface area contributed by atoms with Crippen molar-refractivity contribution in [2.45, 2.75) is 44.4 Å². The zero-order valence-electron chi connectivity index (χ0n) is 8.66. The number of nitrogens with zero attached hydrogens (tertiary/aromatic N) is 1. The Morgan fingerprint density at radius 1 is 1.50 bits per heavy atom. The molecule has 0 amide bonds. The fourth-order valence-electron chi connectivity index (χ4n) is 2.16. The molecule has 0 saturated heterocycles. The van der Waals surface area contributed by atoms with Crippen molar-refractivity contribution < 1.29 is 0 Å². The molecule has 3 heteroatoms. The molecule has 0 aliphatic heterocycles. The Labute approximate surface area is 94.5 Å². The molecular weight excluding hydrogens is 214 g/mol. The number of alkyl halides is 1. The molecule has 1 saturated carbocycles. The first-order valence-corrected chi connectivity index (χ1v) is 6.54. The van der Waals surface area contributed by atoms with E-state index in [4.69, 9.17) is 11.6 Å². The number of thiazole rings is 1. The van der Waals surface area contributed by atoms with E-state index in [1.165, 1.54) is 17.8 Å². The molecule has 0 aromatic carbocycles. The van der Waals surface area contributed by atoms with E-state index in [1.807, 2.05) is 0 Å². The average Bonchev–Trinajstić information content (AvgIpc) is 2.56. The molecule has 14 heavy (non-hydrogen) atoms. The fraction of sp³-hybridized carbons (Fsp3) is 0.727. The molecule has 1 aliphatic rings. The van der Waals surface area contributed by atoms with E-state index in [0.717, 1.165) is 18.0 Å². The third-order valence-corrected chi connectivity index (χ3v) is 4.58. The van der Waals surface area contributed by atoms with E-state index < -0.39 is 0 Å². The summed E-state index contributed by atoms with van der Waals surface area (Å²) < 4.78 is 0. The van der Waals surface area contributed by atoms with Gasteiger partial charge >= 0.3 is 0 Å². The normalized spacial score (nSPS) is 33.2. The van der Waals surface area contributed by atoms with Crippen LogP contribution in [0, 0.1) is 12.8 Å². The molecule has 3 atom stereocenters. The van der Waals surface area contributed by atoms with Crippen molar-refractivity contribution in [2.75, 3.05) is 0 Å². The number of hydrogen-bond donors (Lipinski definition) is 0. The van der Waals surface area contributed by atoms with E-state index in [-0.39, 0.29) is 0 Å². The van der Waals surface area contributed by atoms with Crippen molar-refractivity contribution in [3.05, 3.63) is 16.1 Å². The minimum Gasteiger partial charge on any atom is -0.246 e. The Hall–Kier alpha value is -0.0800. The first kappa shape index (κ1) is 10.4. The SMILES string of the molecule is Cc1csc(C2CC(Cl)CCC2C)n1. The van der Waals surface area contributed by atoms with Crippen LogP contribution in [0.5, 0.6) is 0 Å². The van der Waals surface area contributed by atoms with Crippen LogP contribution < -0.4 is 0 Å². The van der Waals surface area contributed by atoms with E-state index in [0.29, 0.717) is 11.3 Å². The maximum atomic E-state index is 6.21. The largest absolute Gasteiger partial charge is 0.246 e. The Morgan fingerprint density at radius 2 is 2.29 bits per heavy atom. The van der Waals surface area contributed by atoms with Gasteiger partial charge in [0.15, 0.2) is 0 Å². The van der Waals surface area contributed by atoms with Gasteiger partial charge in [0.1, 0.15) is 0 Å². The van der Waals surface area contributed by atoms with E-state index in [9.17, 15) is 0 Å². The van der Waals surface area contributed by atoms with Gasteiger partial charge in [0.2, 0.25) is 0 Å². The second-order valence-corrected chi connectivity index (χ2v) is 5.83. The van der Waals surface area contributed by atoms with Crippen LogP contribution in [0.4, 0.5) is 0 Å². The molecule has 0 bridgehead atoms. The zero-order valence-corrected chi connectivity index (χ0v) is 10.2. The van der Waals surface area contributed by atoms with Gasteiger partial charge in [0, 0.05) is 22.4 Å². The topological polar surface area (TPSA) is 12.9 Å². The Kier molecular flexibility index (Phi) is 3.13. The molecule has 1 nitrogen and oxygen atoms in total. The number of aromatic nitrogens is 1. The lowest BCUT2D eigenvalue weighted by Gasteiger charge is -2.30. The Balaban J connectivity index is 2.15. The molecule has 1 aliphatic carbocycles. The summed E-state index contributed by atoms with van der Waals surface area (Å²) in [5.74, 6) is 1.35. The number of halogens is 1. The molecule has 3 unspecified atom stereocenters. The van der Waals surface area contributed by atoms with Gasteiger partial charge in [-0.05, 0) is 32.1 Å². The van der Waals surface area contributed by atoms with Crippen LogP contribution in [0.2, 0.25) is 0 Å². The summed E-state index contributed by atoms with van der Waals surface area (Å²) >= 11 is 8.00. The predicted octanol–water partition coefficient (Wildman–Crippen LogP) is 3.96. The highest BCUT2D eigenvalue weighted by Crippen LogP contribution is 2.40. The van der Waals surface area contributed by atoms with Crippen LogP contribution in [0.3, 0.4) is 0 Å². The van der Waals surface area contributed by atoms with E-state index in [1.54, 1.807) is 11.3 Å². The minimum atomic E-state index is 0.361. The first-order valence-electron chi connectivity index (χ1n) is 5.23. The molecule has 1 aromatic heterocycles. The van der Waals surface area contributed by atoms with Gasteiger partial charge in [0.25, 0.3) is 0 Å². The van der Waals surface area contributed by atoms with Crippen molar-refractivity contribution >= 4 is 22.9 Å². The molecule has 1 heterocycles. The van der Waals surface area contributed by atoms with Gasteiger partial charge < -0.3 is 0 Å². The standard InChI is InChI=1S/C11H16ClNS/c1-7-3-4-9(12)5-10(7)11-13-8(2)6-14-11/h6-7,9-10H,3-5H2,1-2H3. The molecule has 78 valence electrons. The summed E-state index contributed by atoms with van der Waals surface area (Å²) in [5, 5.41) is 3.79. The number of rotatable bonds is 1. The third kappa shape index (κ3) is 2.12. The van der Waals surface area contributed by atoms with Crippen LogP contribution in [0.25, 0.3) is 0 Å². The molecular formula is C11H16ClNS. The van der Waals surface area contributed by atoms with Gasteiger partial charge in [-0.15, -0.1) is 22.9 Å². The summed E-state index contributed by atoms with van der Waals surface area (Å²) in [7, 11) is 0. The quantitative estimate of drug-likeness (QED) is 0.665. The highest BCUT2D eigenvalue weighted by molar-refractivity contribution is 7.09. The monoisotopic (exact) mass is 229 g/mol. The number of hydrogen-bond acceptors (Lipinski definition) is 2. The Bertz CT molecular complexity index is 310. The van der Waals surface area contributed by atoms with Gasteiger partial charge in [-0.1, -0.05) is 6.92 Å². The van der Waals surface area contributed by atoms with Crippen molar-refractivity contribution in [3.63, 3.8) is 0 Å². The second-order valence-electron chi connectivity index (χ2n) is 4.32. The second kappa shape index (κ2) is 4.19. The van der Waals surface area contributed by atoms with Gasteiger partial charge in [0.05, 0.1) is 5.01 Å². The van der Waals surface area contributed by atoms with E-state index >= 15 is 0 Å². The fourth-order valence-corrected chi connectivity index (χ4v) is 3.52. The first-order chi connectivity index (χ1) is 6.66. The highest BCUT2D eigenvalue weighted by Gasteiger charge is 2.29. The summed E-state index contributed by atoms with van der Waals surface area (Å²) in [6, 6.07) is 0. The van der Waals surface area contributed by atoms with Gasteiger partial charge in [-0.3, -0.25) is 0 Å². The third-order valence-electron chi connectivity index (χ3n) is 3.09. The average molecular weight is 230 g/mol. The van der Waals surface area contributed by atoms with Crippen LogP contribution >= 0.6 is 22.9 Å². The lowest BCUT2D eigenvalue weighted by Crippen LogP contribution is -2.21. The van der Waals surface area contributed by atoms with Crippen molar-refractivity contribution in [1.82, 2.24) is 4.98 Å². The van der Waals surface area contributed by atoms with Crippen LogP contribution in [-0.2, 0) is 0 Å². The summed E-state index contributed by atoms with van der Waals surface area (Å²) in [4.78, 5) is 4.58. The molecule has 0 radical (unpaired) electrons. The molecule has 0 spiro atoms. The summed E-state index contributed by atoms with van der Waals surface area (Å²) in [6.45, 7) is 4.38. The maximum Gasteiger partial charge on any atom is 0.0962 e. The van der Waals surface area contributed by atoms with Crippen molar-refractivity contribution in [1.29, 1.82) is 0 Å². The van der Waals surface area contributed by atoms with Crippen molar-refractivity contribution in [2.24, 2.45) is 5.92 Å². The van der Waals surface area contributed by atoms with Crippen LogP contribution in [0.15, 0.2) is 5.38 Å². The zero-order chi connectivity index (χ0) is 10.1. The summed E-state index contributed by atoms with van der Waals surface area (Å²) in [6.07, 6.45) is 3.52. The highest BCUT2D eigenvalue weighted by atomic mass is 35.5. The smallest absolute Gasteiger partial charge is 0.0962 e. The van der Waals surface area contributed by atoms with Crippen LogP contribution in [0.1, 0.15) is 42.8 Å². The molecule has 1 fully saturated rings. The lowest BCUT2D eigenvalue weighted by atomic mass is 9.80. The molecule has 2 rings (SSSR count). The predicted molar refractivity (Wildman–Crippen MR) is 62.2 cm³/mol. The van der Waals surface area contributed by atoms with E-state index in [2.05, 4.69) is 24.2 Å².